The first-order chi connectivity index (χ1) is 6.33. The van der Waals surface area contributed by atoms with Gasteiger partial charge in [-0.05, 0) is 6.92 Å². The second kappa shape index (κ2) is 5.66. The van der Waals surface area contributed by atoms with Gasteiger partial charge in [0.2, 0.25) is 0 Å². The summed E-state index contributed by atoms with van der Waals surface area (Å²) in [6.45, 7) is 2.72. The molecule has 1 nitrogen and oxygen atoms in total. The maximum Gasteiger partial charge on any atom is 0.127 e. The lowest BCUT2D eigenvalue weighted by Gasteiger charge is -2.11. The summed E-state index contributed by atoms with van der Waals surface area (Å²) in [6.07, 6.45) is 0. The maximum absolute atomic E-state index is 5.59. The predicted molar refractivity (Wildman–Crippen MR) is 62.9 cm³/mol. The number of para-hydroxylation sites is 1. The third kappa shape index (κ3) is 2.71. The van der Waals surface area contributed by atoms with Crippen LogP contribution in [0.1, 0.15) is 18.1 Å². The molecule has 1 aromatic carbocycles. The summed E-state index contributed by atoms with van der Waals surface area (Å²) in [6, 6.07) is 6.20. The Morgan fingerprint density at radius 2 is 1.69 bits per heavy atom. The van der Waals surface area contributed by atoms with Gasteiger partial charge in [0.25, 0.3) is 0 Å². The van der Waals surface area contributed by atoms with Gasteiger partial charge in [-0.25, -0.2) is 0 Å². The van der Waals surface area contributed by atoms with Crippen LogP contribution in [0.4, 0.5) is 0 Å². The minimum absolute atomic E-state index is 0.712. The number of rotatable bonds is 4. The molecule has 0 aliphatic carbocycles. The van der Waals surface area contributed by atoms with Crippen LogP contribution in [-0.4, -0.2) is 6.61 Å². The molecule has 13 heavy (non-hydrogen) atoms. The number of ether oxygens (including phenoxy) is 1. The molecule has 0 atom stereocenters. The van der Waals surface area contributed by atoms with Crippen molar-refractivity contribution in [2.45, 2.75) is 17.6 Å². The van der Waals surface area contributed by atoms with E-state index in [0.717, 1.165) is 16.4 Å². The van der Waals surface area contributed by atoms with E-state index in [-0.39, 0.29) is 0 Å². The first kappa shape index (κ1) is 11.1. The van der Waals surface area contributed by atoms with Crippen LogP contribution in [0.2, 0.25) is 0 Å². The van der Waals surface area contributed by atoms with E-state index in [1.54, 1.807) is 0 Å². The summed E-state index contributed by atoms with van der Waals surface area (Å²) in [4.78, 5) is 0. The number of alkyl halides is 2. The molecule has 0 N–H and O–H groups in total. The molecule has 0 radical (unpaired) electrons. The lowest BCUT2D eigenvalue weighted by atomic mass is 10.1. The number of benzene rings is 1. The molecule has 0 fully saturated rings. The van der Waals surface area contributed by atoms with Gasteiger partial charge in [-0.1, -0.05) is 50.1 Å². The predicted octanol–water partition coefficient (Wildman–Crippen LogP) is 3.88. The molecule has 0 unspecified atom stereocenters. The zero-order chi connectivity index (χ0) is 9.68. The highest BCUT2D eigenvalue weighted by Gasteiger charge is 2.06. The topological polar surface area (TPSA) is 9.23 Å². The summed E-state index contributed by atoms with van der Waals surface area (Å²) in [5, 5.41) is 1.67. The Morgan fingerprint density at radius 1 is 1.15 bits per heavy atom. The summed E-state index contributed by atoms with van der Waals surface area (Å²) in [7, 11) is 0. The van der Waals surface area contributed by atoms with Crippen molar-refractivity contribution in [3.63, 3.8) is 0 Å². The van der Waals surface area contributed by atoms with E-state index in [0.29, 0.717) is 6.61 Å². The van der Waals surface area contributed by atoms with Crippen LogP contribution in [0.15, 0.2) is 18.2 Å². The monoisotopic (exact) mass is 306 g/mol. The normalized spacial score (nSPS) is 10.1. The molecule has 72 valence electrons. The van der Waals surface area contributed by atoms with Gasteiger partial charge in [-0.3, -0.25) is 0 Å². The zero-order valence-corrected chi connectivity index (χ0v) is 10.7. The van der Waals surface area contributed by atoms with E-state index in [1.165, 1.54) is 11.1 Å². The number of hydrogen-bond donors (Lipinski definition) is 0. The molecule has 1 rings (SSSR count). The van der Waals surface area contributed by atoms with Crippen molar-refractivity contribution in [2.24, 2.45) is 0 Å². The van der Waals surface area contributed by atoms with Gasteiger partial charge in [-0.2, -0.15) is 0 Å². The Kier molecular flexibility index (Phi) is 4.81. The van der Waals surface area contributed by atoms with Gasteiger partial charge in [0, 0.05) is 21.8 Å². The molecule has 1 aromatic rings. The molecular formula is C10H12Br2O. The fraction of sp³-hybridized carbons (Fsp3) is 0.400. The lowest BCUT2D eigenvalue weighted by Crippen LogP contribution is -1.98. The smallest absolute Gasteiger partial charge is 0.127 e. The fourth-order valence-electron chi connectivity index (χ4n) is 1.18. The van der Waals surface area contributed by atoms with Gasteiger partial charge in [-0.15, -0.1) is 0 Å². The van der Waals surface area contributed by atoms with Gasteiger partial charge >= 0.3 is 0 Å². The second-order valence-electron chi connectivity index (χ2n) is 2.61. The number of hydrogen-bond acceptors (Lipinski definition) is 1. The first-order valence-electron chi connectivity index (χ1n) is 4.19. The Morgan fingerprint density at radius 3 is 2.08 bits per heavy atom. The van der Waals surface area contributed by atoms with Crippen molar-refractivity contribution in [3.8, 4) is 5.75 Å². The Labute approximate surface area is 95.7 Å². The van der Waals surface area contributed by atoms with Crippen molar-refractivity contribution in [1.82, 2.24) is 0 Å². The van der Waals surface area contributed by atoms with Gasteiger partial charge in [0.15, 0.2) is 0 Å². The summed E-state index contributed by atoms with van der Waals surface area (Å²) in [5.41, 5.74) is 2.41. The van der Waals surface area contributed by atoms with Crippen molar-refractivity contribution in [2.75, 3.05) is 6.61 Å². The molecule has 0 spiro atoms. The van der Waals surface area contributed by atoms with Crippen molar-refractivity contribution < 1.29 is 4.74 Å². The van der Waals surface area contributed by atoms with Crippen LogP contribution in [0.5, 0.6) is 5.75 Å². The van der Waals surface area contributed by atoms with Crippen molar-refractivity contribution in [3.05, 3.63) is 29.3 Å². The van der Waals surface area contributed by atoms with Crippen LogP contribution in [0, 0.1) is 0 Å². The highest BCUT2D eigenvalue weighted by atomic mass is 79.9. The minimum Gasteiger partial charge on any atom is -0.493 e. The SMILES string of the molecule is CCOc1c(CBr)cccc1CBr. The molecule has 0 heterocycles. The highest BCUT2D eigenvalue weighted by Crippen LogP contribution is 2.27. The third-order valence-electron chi connectivity index (χ3n) is 1.75. The van der Waals surface area contributed by atoms with Gasteiger partial charge < -0.3 is 4.74 Å². The molecule has 0 saturated carbocycles. The molecule has 0 amide bonds. The van der Waals surface area contributed by atoms with E-state index in [9.17, 15) is 0 Å². The van der Waals surface area contributed by atoms with Crippen LogP contribution in [-0.2, 0) is 10.7 Å². The van der Waals surface area contributed by atoms with Crippen LogP contribution in [0.3, 0.4) is 0 Å². The maximum atomic E-state index is 5.59. The quantitative estimate of drug-likeness (QED) is 0.767. The molecule has 0 aliphatic rings. The molecule has 0 aromatic heterocycles. The van der Waals surface area contributed by atoms with E-state index >= 15 is 0 Å². The Balaban J connectivity index is 3.05. The van der Waals surface area contributed by atoms with E-state index in [2.05, 4.69) is 50.1 Å². The standard InChI is InChI=1S/C10H12Br2O/c1-2-13-10-8(6-11)4-3-5-9(10)7-12/h3-5H,2,6-7H2,1H3. The van der Waals surface area contributed by atoms with Crippen LogP contribution >= 0.6 is 31.9 Å². The first-order valence-corrected chi connectivity index (χ1v) is 6.43. The largest absolute Gasteiger partial charge is 0.493 e. The van der Waals surface area contributed by atoms with Crippen molar-refractivity contribution in [1.29, 1.82) is 0 Å². The molecule has 3 heteroatoms. The average molecular weight is 308 g/mol. The highest BCUT2D eigenvalue weighted by molar-refractivity contribution is 9.08. The molecule has 0 bridgehead atoms. The van der Waals surface area contributed by atoms with E-state index < -0.39 is 0 Å². The Hall–Kier alpha value is -0.0200. The second-order valence-corrected chi connectivity index (χ2v) is 3.73. The summed E-state index contributed by atoms with van der Waals surface area (Å²) >= 11 is 6.89. The molecule has 0 saturated heterocycles. The summed E-state index contributed by atoms with van der Waals surface area (Å²) in [5.74, 6) is 1.01. The van der Waals surface area contributed by atoms with Gasteiger partial charge in [0.05, 0.1) is 6.61 Å². The zero-order valence-electron chi connectivity index (χ0n) is 7.52. The van der Waals surface area contributed by atoms with E-state index in [4.69, 9.17) is 4.74 Å². The van der Waals surface area contributed by atoms with Crippen LogP contribution < -0.4 is 4.74 Å². The third-order valence-corrected chi connectivity index (χ3v) is 2.96. The lowest BCUT2D eigenvalue weighted by molar-refractivity contribution is 0.335. The van der Waals surface area contributed by atoms with E-state index in [1.807, 2.05) is 6.92 Å². The Bertz CT molecular complexity index is 251. The van der Waals surface area contributed by atoms with Crippen molar-refractivity contribution >= 4 is 31.9 Å². The molecule has 0 aliphatic heterocycles. The fourth-order valence-corrected chi connectivity index (χ4v) is 2.06. The van der Waals surface area contributed by atoms with Gasteiger partial charge in [0.1, 0.15) is 5.75 Å². The average Bonchev–Trinajstić information content (AvgIpc) is 2.18. The van der Waals surface area contributed by atoms with Crippen LogP contribution in [0.25, 0.3) is 0 Å². The molecular weight excluding hydrogens is 296 g/mol. The summed E-state index contributed by atoms with van der Waals surface area (Å²) < 4.78 is 5.59. The number of halogens is 2. The minimum atomic E-state index is 0.712.